The van der Waals surface area contributed by atoms with E-state index in [0.29, 0.717) is 36.3 Å². The van der Waals surface area contributed by atoms with Gasteiger partial charge in [-0.05, 0) is 62.6 Å². The van der Waals surface area contributed by atoms with Crippen molar-refractivity contribution in [2.45, 2.75) is 38.3 Å². The van der Waals surface area contributed by atoms with Crippen LogP contribution in [0.15, 0.2) is 70.5 Å². The number of methoxy groups -OCH3 is 1. The van der Waals surface area contributed by atoms with Gasteiger partial charge < -0.3 is 20.1 Å². The van der Waals surface area contributed by atoms with Gasteiger partial charge in [0.05, 0.1) is 12.3 Å². The molecule has 14 heteroatoms. The molecule has 1 aliphatic carbocycles. The van der Waals surface area contributed by atoms with Crippen LogP contribution in [0.4, 0.5) is 20.3 Å². The number of carbonyl (C=O) groups excluding carboxylic acids is 1. The topological polar surface area (TPSA) is 145 Å². The van der Waals surface area contributed by atoms with E-state index >= 15 is 4.39 Å². The molecule has 1 aliphatic rings. The average Bonchev–Trinajstić information content (AvgIpc) is 3.39. The molecule has 6 rings (SSSR count). The second-order valence-corrected chi connectivity index (χ2v) is 10.7. The lowest BCUT2D eigenvalue weighted by molar-refractivity contribution is 0.102. The van der Waals surface area contributed by atoms with E-state index in [2.05, 4.69) is 25.8 Å². The lowest BCUT2D eigenvalue weighted by Crippen LogP contribution is -2.44. The number of hydrogen-bond donors (Lipinski definition) is 3. The van der Waals surface area contributed by atoms with E-state index in [0.717, 1.165) is 29.2 Å². The van der Waals surface area contributed by atoms with Crippen LogP contribution in [0.2, 0.25) is 0 Å². The van der Waals surface area contributed by atoms with Gasteiger partial charge in [0.1, 0.15) is 22.5 Å². The normalized spacial score (nSPS) is 13.8. The Morgan fingerprint density at radius 1 is 1.11 bits per heavy atom. The molecular formula is C31H29F2N7O5. The summed E-state index contributed by atoms with van der Waals surface area (Å²) in [6.07, 6.45) is 5.05. The number of amides is 1. The molecule has 1 unspecified atom stereocenters. The van der Waals surface area contributed by atoms with Gasteiger partial charge in [0.25, 0.3) is 11.5 Å². The molecule has 5 aromatic rings. The quantitative estimate of drug-likeness (QED) is 0.203. The fraction of sp³-hybridized carbons (Fsp3) is 0.258. The Hall–Kier alpha value is -5.37. The molecule has 0 bridgehead atoms. The van der Waals surface area contributed by atoms with Gasteiger partial charge in [0.2, 0.25) is 0 Å². The second kappa shape index (κ2) is 12.3. The van der Waals surface area contributed by atoms with Gasteiger partial charge in [-0.2, -0.15) is 5.10 Å². The number of fused-ring (bicyclic) bond motifs is 1. The van der Waals surface area contributed by atoms with Gasteiger partial charge in [-0.15, -0.1) is 0 Å². The number of carbonyl (C=O) groups is 1. The molecule has 0 radical (unpaired) electrons. The first kappa shape index (κ1) is 29.7. The van der Waals surface area contributed by atoms with Crippen LogP contribution in [-0.4, -0.2) is 50.0 Å². The molecule has 0 saturated heterocycles. The molecule has 1 saturated carbocycles. The van der Waals surface area contributed by atoms with Gasteiger partial charge in [0, 0.05) is 49.4 Å². The van der Waals surface area contributed by atoms with Crippen LogP contribution in [0.3, 0.4) is 0 Å². The number of anilines is 2. The molecule has 3 N–H and O–H groups in total. The van der Waals surface area contributed by atoms with E-state index in [9.17, 15) is 18.8 Å². The Morgan fingerprint density at radius 2 is 1.89 bits per heavy atom. The molecule has 2 aromatic carbocycles. The van der Waals surface area contributed by atoms with E-state index in [1.807, 2.05) is 6.92 Å². The Kier molecular flexibility index (Phi) is 8.13. The SMILES string of the molecule is COCC(C)Nc1n[nH]c2nccc(Oc3ccc(NC(=O)c4cn(C5CCC5)c(=O)n(-c5ccc(F)cc5)c4=O)cc3F)c12. The van der Waals surface area contributed by atoms with Crippen molar-refractivity contribution < 1.29 is 23.0 Å². The standard InChI is InChI=1S/C31H29F2N7O5/c1-17(16-44-2)35-28-26-25(12-13-34-27(26)37-38-28)45-24-11-8-19(14-23(24)33)36-29(41)22-15-39(20-4-3-5-20)31(43)40(30(22)42)21-9-6-18(32)7-10-21/h6-15,17,20H,3-5,16H2,1-2H3,(H,36,41)(H2,34,35,37,38). The summed E-state index contributed by atoms with van der Waals surface area (Å²) < 4.78 is 42.1. The number of hydrogen-bond acceptors (Lipinski definition) is 8. The number of halogens is 2. The van der Waals surface area contributed by atoms with E-state index in [1.54, 1.807) is 13.2 Å². The Labute approximate surface area is 254 Å². The summed E-state index contributed by atoms with van der Waals surface area (Å²) in [7, 11) is 1.59. The molecule has 0 aliphatic heterocycles. The van der Waals surface area contributed by atoms with Gasteiger partial charge in [-0.1, -0.05) is 0 Å². The maximum atomic E-state index is 15.3. The van der Waals surface area contributed by atoms with E-state index < -0.39 is 28.8 Å². The zero-order chi connectivity index (χ0) is 31.7. The van der Waals surface area contributed by atoms with Crippen LogP contribution in [-0.2, 0) is 4.74 Å². The monoisotopic (exact) mass is 617 g/mol. The Morgan fingerprint density at radius 3 is 2.58 bits per heavy atom. The van der Waals surface area contributed by atoms with Crippen LogP contribution in [0.1, 0.15) is 42.6 Å². The number of nitrogens with zero attached hydrogens (tertiary/aromatic N) is 4. The Balaban J connectivity index is 1.27. The number of ether oxygens (including phenoxy) is 2. The van der Waals surface area contributed by atoms with E-state index in [-0.39, 0.29) is 40.5 Å². The van der Waals surface area contributed by atoms with Crippen molar-refractivity contribution in [3.63, 3.8) is 0 Å². The number of benzene rings is 2. The van der Waals surface area contributed by atoms with Crippen molar-refractivity contribution >= 4 is 28.4 Å². The molecule has 12 nitrogen and oxygen atoms in total. The summed E-state index contributed by atoms with van der Waals surface area (Å²) >= 11 is 0. The zero-order valence-electron chi connectivity index (χ0n) is 24.3. The van der Waals surface area contributed by atoms with Crippen LogP contribution < -0.4 is 26.6 Å². The minimum Gasteiger partial charge on any atom is -0.453 e. The predicted octanol–water partition coefficient (Wildman–Crippen LogP) is 4.77. The first-order valence-corrected chi connectivity index (χ1v) is 14.2. The second-order valence-electron chi connectivity index (χ2n) is 10.7. The third kappa shape index (κ3) is 5.91. The first-order chi connectivity index (χ1) is 21.7. The number of nitrogens with one attached hydrogen (secondary N) is 3. The van der Waals surface area contributed by atoms with Crippen LogP contribution >= 0.6 is 0 Å². The molecule has 1 atom stereocenters. The van der Waals surface area contributed by atoms with Crippen molar-refractivity contribution in [2.24, 2.45) is 0 Å². The number of pyridine rings is 1. The largest absolute Gasteiger partial charge is 0.453 e. The van der Waals surface area contributed by atoms with Gasteiger partial charge in [0.15, 0.2) is 23.0 Å². The number of aromatic nitrogens is 5. The highest BCUT2D eigenvalue weighted by atomic mass is 19.1. The third-order valence-electron chi connectivity index (χ3n) is 7.54. The lowest BCUT2D eigenvalue weighted by atomic mass is 9.93. The summed E-state index contributed by atoms with van der Waals surface area (Å²) in [6.45, 7) is 2.34. The summed E-state index contributed by atoms with van der Waals surface area (Å²) in [5.41, 5.74) is -1.23. The summed E-state index contributed by atoms with van der Waals surface area (Å²) in [5.74, 6) is -1.55. The van der Waals surface area contributed by atoms with Crippen LogP contribution in [0, 0.1) is 11.6 Å². The molecular weight excluding hydrogens is 588 g/mol. The molecule has 45 heavy (non-hydrogen) atoms. The number of H-pyrrole nitrogens is 1. The molecule has 1 fully saturated rings. The van der Waals surface area contributed by atoms with Crippen molar-refractivity contribution in [1.82, 2.24) is 24.3 Å². The fourth-order valence-electron chi connectivity index (χ4n) is 5.09. The van der Waals surface area contributed by atoms with Crippen molar-refractivity contribution in [3.05, 3.63) is 99.0 Å². The fourth-order valence-corrected chi connectivity index (χ4v) is 5.09. The van der Waals surface area contributed by atoms with Crippen LogP contribution in [0.5, 0.6) is 11.5 Å². The van der Waals surface area contributed by atoms with Crippen molar-refractivity contribution in [1.29, 1.82) is 0 Å². The van der Waals surface area contributed by atoms with Crippen LogP contribution in [0.25, 0.3) is 16.7 Å². The van der Waals surface area contributed by atoms with Crippen molar-refractivity contribution in [2.75, 3.05) is 24.4 Å². The summed E-state index contributed by atoms with van der Waals surface area (Å²) in [6, 6.07) is 9.95. The summed E-state index contributed by atoms with van der Waals surface area (Å²) in [4.78, 5) is 44.3. The molecule has 0 spiro atoms. The minimum atomic E-state index is -0.883. The third-order valence-corrected chi connectivity index (χ3v) is 7.54. The predicted molar refractivity (Wildman–Crippen MR) is 162 cm³/mol. The molecule has 3 aromatic heterocycles. The van der Waals surface area contributed by atoms with E-state index in [1.165, 1.54) is 41.2 Å². The Bertz CT molecular complexity index is 2000. The van der Waals surface area contributed by atoms with Gasteiger partial charge >= 0.3 is 5.69 Å². The van der Waals surface area contributed by atoms with Crippen molar-refractivity contribution in [3.8, 4) is 17.2 Å². The van der Waals surface area contributed by atoms with Gasteiger partial charge in [-0.25, -0.2) is 23.1 Å². The maximum Gasteiger partial charge on any atom is 0.335 e. The highest BCUT2D eigenvalue weighted by Crippen LogP contribution is 2.35. The zero-order valence-corrected chi connectivity index (χ0v) is 24.3. The molecule has 1 amide bonds. The number of rotatable bonds is 10. The first-order valence-electron chi connectivity index (χ1n) is 14.2. The molecule has 232 valence electrons. The smallest absolute Gasteiger partial charge is 0.335 e. The maximum absolute atomic E-state index is 15.3. The average molecular weight is 618 g/mol. The highest BCUT2D eigenvalue weighted by Gasteiger charge is 2.26. The van der Waals surface area contributed by atoms with E-state index in [4.69, 9.17) is 9.47 Å². The van der Waals surface area contributed by atoms with Gasteiger partial charge in [-0.3, -0.25) is 19.3 Å². The molecule has 3 heterocycles. The minimum absolute atomic E-state index is 0.0536. The highest BCUT2D eigenvalue weighted by molar-refractivity contribution is 6.04. The number of aromatic amines is 1. The lowest BCUT2D eigenvalue weighted by Gasteiger charge is -2.28. The summed E-state index contributed by atoms with van der Waals surface area (Å²) in [5, 5.41) is 13.3.